The molecule has 0 aliphatic carbocycles. The number of unbranched alkanes of at least 4 members (excludes halogenated alkanes) is 3. The van der Waals surface area contributed by atoms with Crippen molar-refractivity contribution >= 4 is 11.8 Å². The van der Waals surface area contributed by atoms with E-state index in [0.717, 1.165) is 97.9 Å². The quantitative estimate of drug-likeness (QED) is 0.249. The zero-order chi connectivity index (χ0) is 25.1. The molecular weight excluding hydrogens is 448 g/mol. The molecule has 2 fully saturated rings. The van der Waals surface area contributed by atoms with E-state index in [1.165, 1.54) is 12.8 Å². The van der Waals surface area contributed by atoms with Gasteiger partial charge in [-0.05, 0) is 45.2 Å². The van der Waals surface area contributed by atoms with E-state index in [1.54, 1.807) is 14.2 Å². The third-order valence-electron chi connectivity index (χ3n) is 6.85. The van der Waals surface area contributed by atoms with Crippen molar-refractivity contribution in [2.45, 2.75) is 32.1 Å². The van der Waals surface area contributed by atoms with Crippen LogP contribution < -0.4 is 10.6 Å². The highest BCUT2D eigenvalue weighted by molar-refractivity contribution is 5.78. The highest BCUT2D eigenvalue weighted by Crippen LogP contribution is 2.05. The molecule has 35 heavy (non-hydrogen) atoms. The van der Waals surface area contributed by atoms with E-state index in [9.17, 15) is 9.59 Å². The lowest BCUT2D eigenvalue weighted by Crippen LogP contribution is -2.49. The van der Waals surface area contributed by atoms with Crippen LogP contribution in [0.5, 0.6) is 0 Å². The second kappa shape index (κ2) is 18.9. The molecule has 10 heteroatoms. The first-order valence-corrected chi connectivity index (χ1v) is 13.5. The number of nitrogens with zero attached hydrogens (tertiary/aromatic N) is 4. The lowest BCUT2D eigenvalue weighted by Gasteiger charge is -2.34. The molecule has 10 nitrogen and oxygen atoms in total. The third-order valence-corrected chi connectivity index (χ3v) is 6.85. The van der Waals surface area contributed by atoms with Crippen molar-refractivity contribution in [3.8, 4) is 0 Å². The van der Waals surface area contributed by atoms with Crippen molar-refractivity contribution in [3.63, 3.8) is 0 Å². The minimum Gasteiger partial charge on any atom is -0.385 e. The van der Waals surface area contributed by atoms with Crippen LogP contribution in [0.2, 0.25) is 0 Å². The molecule has 0 bridgehead atoms. The third kappa shape index (κ3) is 14.1. The zero-order valence-corrected chi connectivity index (χ0v) is 22.3. The molecule has 0 radical (unpaired) electrons. The average Bonchev–Trinajstić information content (AvgIpc) is 2.87. The SMILES string of the molecule is CNC(=O)CN1CCN(CCCCCOCCNC(=O)CN2CCN(CCCCOC)CC2)CC1. The van der Waals surface area contributed by atoms with Gasteiger partial charge in [0.1, 0.15) is 0 Å². The Labute approximate surface area is 212 Å². The lowest BCUT2D eigenvalue weighted by molar-refractivity contribution is -0.123. The Balaban J connectivity index is 1.35. The molecule has 2 rings (SSSR count). The summed E-state index contributed by atoms with van der Waals surface area (Å²) in [6, 6.07) is 0. The van der Waals surface area contributed by atoms with E-state index in [-0.39, 0.29) is 11.8 Å². The molecule has 0 aromatic carbocycles. The van der Waals surface area contributed by atoms with Gasteiger partial charge in [0.2, 0.25) is 11.8 Å². The van der Waals surface area contributed by atoms with Crippen molar-refractivity contribution in [2.24, 2.45) is 0 Å². The van der Waals surface area contributed by atoms with Gasteiger partial charge in [0.25, 0.3) is 0 Å². The highest BCUT2D eigenvalue weighted by atomic mass is 16.5. The smallest absolute Gasteiger partial charge is 0.234 e. The highest BCUT2D eigenvalue weighted by Gasteiger charge is 2.19. The lowest BCUT2D eigenvalue weighted by atomic mass is 10.2. The van der Waals surface area contributed by atoms with Crippen molar-refractivity contribution < 1.29 is 19.1 Å². The molecule has 2 amide bonds. The monoisotopic (exact) mass is 498 g/mol. The van der Waals surface area contributed by atoms with Crippen molar-refractivity contribution in [2.75, 3.05) is 119 Å². The van der Waals surface area contributed by atoms with Crippen molar-refractivity contribution in [1.29, 1.82) is 0 Å². The van der Waals surface area contributed by atoms with Crippen LogP contribution in [0.1, 0.15) is 32.1 Å². The summed E-state index contributed by atoms with van der Waals surface area (Å²) >= 11 is 0. The van der Waals surface area contributed by atoms with Crippen LogP contribution in [-0.4, -0.2) is 150 Å². The number of amides is 2. The van der Waals surface area contributed by atoms with E-state index in [0.29, 0.717) is 26.2 Å². The molecule has 0 aromatic rings. The fraction of sp³-hybridized carbons (Fsp3) is 0.920. The van der Waals surface area contributed by atoms with E-state index in [2.05, 4.69) is 30.2 Å². The van der Waals surface area contributed by atoms with Crippen molar-refractivity contribution in [3.05, 3.63) is 0 Å². The molecule has 2 saturated heterocycles. The summed E-state index contributed by atoms with van der Waals surface area (Å²) in [4.78, 5) is 33.1. The van der Waals surface area contributed by atoms with Gasteiger partial charge in [-0.3, -0.25) is 19.4 Å². The summed E-state index contributed by atoms with van der Waals surface area (Å²) in [5.74, 6) is 0.189. The van der Waals surface area contributed by atoms with Gasteiger partial charge in [-0.15, -0.1) is 0 Å². The number of rotatable bonds is 18. The maximum Gasteiger partial charge on any atom is 0.234 e. The number of piperazine rings is 2. The zero-order valence-electron chi connectivity index (χ0n) is 22.3. The topological polar surface area (TPSA) is 89.6 Å². The van der Waals surface area contributed by atoms with Crippen molar-refractivity contribution in [1.82, 2.24) is 30.2 Å². The van der Waals surface area contributed by atoms with Gasteiger partial charge < -0.3 is 29.9 Å². The largest absolute Gasteiger partial charge is 0.385 e. The maximum atomic E-state index is 12.2. The van der Waals surface area contributed by atoms with Crippen LogP contribution in [0, 0.1) is 0 Å². The Morgan fingerprint density at radius 2 is 1.17 bits per heavy atom. The first-order chi connectivity index (χ1) is 17.1. The van der Waals surface area contributed by atoms with Crippen LogP contribution in [0.25, 0.3) is 0 Å². The summed E-state index contributed by atoms with van der Waals surface area (Å²) < 4.78 is 10.8. The summed E-state index contributed by atoms with van der Waals surface area (Å²) in [5.41, 5.74) is 0. The van der Waals surface area contributed by atoms with E-state index in [1.807, 2.05) is 0 Å². The van der Waals surface area contributed by atoms with Gasteiger partial charge >= 0.3 is 0 Å². The van der Waals surface area contributed by atoms with Crippen LogP contribution in [0.4, 0.5) is 0 Å². The fourth-order valence-corrected chi connectivity index (χ4v) is 4.55. The summed E-state index contributed by atoms with van der Waals surface area (Å²) in [7, 11) is 3.44. The molecule has 2 N–H and O–H groups in total. The first kappa shape index (κ1) is 29.9. The summed E-state index contributed by atoms with van der Waals surface area (Å²) in [5, 5.41) is 5.67. The number of methoxy groups -OCH3 is 1. The fourth-order valence-electron chi connectivity index (χ4n) is 4.55. The Morgan fingerprint density at radius 3 is 1.74 bits per heavy atom. The van der Waals surface area contributed by atoms with Gasteiger partial charge in [0, 0.05) is 86.3 Å². The Hall–Kier alpha value is -1.30. The van der Waals surface area contributed by atoms with Gasteiger partial charge in [-0.1, -0.05) is 0 Å². The second-order valence-corrected chi connectivity index (χ2v) is 9.63. The van der Waals surface area contributed by atoms with E-state index < -0.39 is 0 Å². The predicted octanol–water partition coefficient (Wildman–Crippen LogP) is -0.303. The Morgan fingerprint density at radius 1 is 0.657 bits per heavy atom. The maximum absolute atomic E-state index is 12.2. The number of carbonyl (C=O) groups excluding carboxylic acids is 2. The molecular formula is C25H50N6O4. The number of nitrogens with one attached hydrogen (secondary N) is 2. The minimum absolute atomic E-state index is 0.0941. The predicted molar refractivity (Wildman–Crippen MR) is 139 cm³/mol. The molecule has 0 unspecified atom stereocenters. The van der Waals surface area contributed by atoms with Gasteiger partial charge in [-0.25, -0.2) is 0 Å². The molecule has 204 valence electrons. The van der Waals surface area contributed by atoms with Crippen LogP contribution >= 0.6 is 0 Å². The second-order valence-electron chi connectivity index (χ2n) is 9.63. The standard InChI is InChI=1S/C25H50N6O4/c1-26-24(32)22-30-15-11-28(12-16-30)9-4-3-6-20-35-21-8-27-25(33)23-31-17-13-29(14-18-31)10-5-7-19-34-2/h3-23H2,1-2H3,(H,26,32)(H,27,33). The molecule has 2 aliphatic heterocycles. The van der Waals surface area contributed by atoms with E-state index in [4.69, 9.17) is 9.47 Å². The number of hydrogen-bond donors (Lipinski definition) is 2. The molecule has 0 saturated carbocycles. The molecule has 0 spiro atoms. The normalized spacial score (nSPS) is 18.6. The van der Waals surface area contributed by atoms with Gasteiger partial charge in [0.15, 0.2) is 0 Å². The number of carbonyl (C=O) groups is 2. The van der Waals surface area contributed by atoms with Gasteiger partial charge in [0.05, 0.1) is 19.7 Å². The number of hydrogen-bond acceptors (Lipinski definition) is 8. The molecule has 0 aromatic heterocycles. The van der Waals surface area contributed by atoms with Crippen LogP contribution in [0.15, 0.2) is 0 Å². The average molecular weight is 499 g/mol. The van der Waals surface area contributed by atoms with E-state index >= 15 is 0 Å². The van der Waals surface area contributed by atoms with Crippen LogP contribution in [-0.2, 0) is 19.1 Å². The Bertz CT molecular complexity index is 566. The summed E-state index contributed by atoms with van der Waals surface area (Å²) in [6.07, 6.45) is 5.67. The molecule has 0 atom stereocenters. The molecule has 2 heterocycles. The summed E-state index contributed by atoms with van der Waals surface area (Å²) in [6.45, 7) is 14.0. The molecule has 2 aliphatic rings. The Kier molecular flexibility index (Phi) is 16.2. The van der Waals surface area contributed by atoms with Crippen LogP contribution in [0.3, 0.4) is 0 Å². The first-order valence-electron chi connectivity index (χ1n) is 13.5. The minimum atomic E-state index is 0.0941. The number of ether oxygens (including phenoxy) is 2. The number of likely N-dealkylation sites (N-methyl/N-ethyl adjacent to an activating group) is 1. The van der Waals surface area contributed by atoms with Gasteiger partial charge in [-0.2, -0.15) is 0 Å².